The van der Waals surface area contributed by atoms with Gasteiger partial charge in [0.05, 0.1) is 15.7 Å². The Morgan fingerprint density at radius 3 is 2.76 bits per heavy atom. The second-order valence-electron chi connectivity index (χ2n) is 6.01. The molecular weight excluding hydrogens is 351 g/mol. The predicted molar refractivity (Wildman–Crippen MR) is 88.7 cm³/mol. The standard InChI is InChI=1S/C16H18BrFN2S/c1-10-4-6-16(19,7-5-10)15-20-14(9-21-15)11-2-3-13(18)12(17)8-11/h2-3,8-10H,4-7,19H2,1H3. The van der Waals surface area contributed by atoms with Crippen LogP contribution in [0.3, 0.4) is 0 Å². The average molecular weight is 369 g/mol. The molecule has 0 spiro atoms. The topological polar surface area (TPSA) is 38.9 Å². The van der Waals surface area contributed by atoms with Gasteiger partial charge in [-0.3, -0.25) is 0 Å². The van der Waals surface area contributed by atoms with Crippen molar-refractivity contribution in [1.82, 2.24) is 4.98 Å². The zero-order chi connectivity index (χ0) is 15.0. The number of hydrogen-bond donors (Lipinski definition) is 1. The van der Waals surface area contributed by atoms with Gasteiger partial charge < -0.3 is 5.73 Å². The molecule has 0 aliphatic heterocycles. The summed E-state index contributed by atoms with van der Waals surface area (Å²) in [5, 5.41) is 3.02. The zero-order valence-electron chi connectivity index (χ0n) is 11.9. The zero-order valence-corrected chi connectivity index (χ0v) is 14.3. The van der Waals surface area contributed by atoms with Gasteiger partial charge in [-0.15, -0.1) is 11.3 Å². The number of thiazole rings is 1. The first kappa shape index (κ1) is 15.1. The highest BCUT2D eigenvalue weighted by Crippen LogP contribution is 2.39. The highest BCUT2D eigenvalue weighted by Gasteiger charge is 2.34. The van der Waals surface area contributed by atoms with E-state index < -0.39 is 0 Å². The predicted octanol–water partition coefficient (Wildman–Crippen LogP) is 5.08. The van der Waals surface area contributed by atoms with Gasteiger partial charge in [-0.05, 0) is 65.7 Å². The van der Waals surface area contributed by atoms with E-state index in [9.17, 15) is 4.39 Å². The summed E-state index contributed by atoms with van der Waals surface area (Å²) in [6.45, 7) is 2.28. The van der Waals surface area contributed by atoms with Crippen LogP contribution < -0.4 is 5.73 Å². The van der Waals surface area contributed by atoms with E-state index in [0.717, 1.165) is 47.9 Å². The highest BCUT2D eigenvalue weighted by atomic mass is 79.9. The van der Waals surface area contributed by atoms with Crippen molar-refractivity contribution in [2.24, 2.45) is 11.7 Å². The third-order valence-corrected chi connectivity index (χ3v) is 5.98. The van der Waals surface area contributed by atoms with Gasteiger partial charge in [0.1, 0.15) is 10.8 Å². The maximum absolute atomic E-state index is 13.3. The number of benzene rings is 1. The molecule has 0 bridgehead atoms. The molecule has 2 aromatic rings. The molecule has 0 saturated heterocycles. The van der Waals surface area contributed by atoms with Crippen molar-refractivity contribution < 1.29 is 4.39 Å². The fraction of sp³-hybridized carbons (Fsp3) is 0.438. The number of hydrogen-bond acceptors (Lipinski definition) is 3. The summed E-state index contributed by atoms with van der Waals surface area (Å²) in [6, 6.07) is 4.98. The van der Waals surface area contributed by atoms with Crippen LogP contribution in [-0.4, -0.2) is 4.98 Å². The van der Waals surface area contributed by atoms with Crippen molar-refractivity contribution in [3.8, 4) is 11.3 Å². The van der Waals surface area contributed by atoms with E-state index >= 15 is 0 Å². The van der Waals surface area contributed by atoms with Crippen LogP contribution in [0.4, 0.5) is 4.39 Å². The lowest BCUT2D eigenvalue weighted by Gasteiger charge is -2.34. The fourth-order valence-corrected chi connectivity index (χ4v) is 4.16. The van der Waals surface area contributed by atoms with Gasteiger partial charge in [-0.25, -0.2) is 9.37 Å². The molecule has 0 unspecified atom stereocenters. The van der Waals surface area contributed by atoms with Crippen LogP contribution in [0.25, 0.3) is 11.3 Å². The van der Waals surface area contributed by atoms with E-state index in [-0.39, 0.29) is 11.4 Å². The Hall–Kier alpha value is -0.780. The van der Waals surface area contributed by atoms with Crippen molar-refractivity contribution >= 4 is 27.3 Å². The molecule has 1 heterocycles. The van der Waals surface area contributed by atoms with Crippen molar-refractivity contribution in [2.45, 2.75) is 38.1 Å². The quantitative estimate of drug-likeness (QED) is 0.802. The maximum atomic E-state index is 13.3. The van der Waals surface area contributed by atoms with Gasteiger partial charge in [-0.2, -0.15) is 0 Å². The SMILES string of the molecule is CC1CCC(N)(c2nc(-c3ccc(F)c(Br)c3)cs2)CC1. The molecule has 1 fully saturated rings. The highest BCUT2D eigenvalue weighted by molar-refractivity contribution is 9.10. The largest absolute Gasteiger partial charge is 0.319 e. The smallest absolute Gasteiger partial charge is 0.137 e. The minimum Gasteiger partial charge on any atom is -0.319 e. The Balaban J connectivity index is 1.87. The lowest BCUT2D eigenvalue weighted by atomic mass is 9.78. The van der Waals surface area contributed by atoms with Crippen molar-refractivity contribution in [3.63, 3.8) is 0 Å². The van der Waals surface area contributed by atoms with Gasteiger partial charge in [-0.1, -0.05) is 6.92 Å². The molecule has 2 N–H and O–H groups in total. The molecule has 1 aliphatic carbocycles. The molecule has 0 atom stereocenters. The molecule has 1 aromatic heterocycles. The van der Waals surface area contributed by atoms with E-state index in [2.05, 4.69) is 22.9 Å². The summed E-state index contributed by atoms with van der Waals surface area (Å²) < 4.78 is 13.8. The molecule has 3 rings (SSSR count). The second-order valence-corrected chi connectivity index (χ2v) is 7.72. The molecule has 1 aliphatic rings. The van der Waals surface area contributed by atoms with Crippen LogP contribution in [0.1, 0.15) is 37.6 Å². The summed E-state index contributed by atoms with van der Waals surface area (Å²) in [5.41, 5.74) is 8.07. The van der Waals surface area contributed by atoms with E-state index in [1.807, 2.05) is 5.38 Å². The van der Waals surface area contributed by atoms with Crippen LogP contribution in [0, 0.1) is 11.7 Å². The van der Waals surface area contributed by atoms with Gasteiger partial charge in [0.2, 0.25) is 0 Å². The second kappa shape index (κ2) is 5.78. The number of rotatable bonds is 2. The summed E-state index contributed by atoms with van der Waals surface area (Å²) in [7, 11) is 0. The van der Waals surface area contributed by atoms with Crippen LogP contribution in [0.2, 0.25) is 0 Å². The third kappa shape index (κ3) is 3.05. The molecular formula is C16H18BrFN2S. The number of nitrogens with two attached hydrogens (primary N) is 1. The first-order valence-corrected chi connectivity index (χ1v) is 8.85. The van der Waals surface area contributed by atoms with Crippen molar-refractivity contribution in [2.75, 3.05) is 0 Å². The van der Waals surface area contributed by atoms with Crippen molar-refractivity contribution in [3.05, 3.63) is 38.9 Å². The molecule has 1 saturated carbocycles. The molecule has 0 amide bonds. The van der Waals surface area contributed by atoms with Gasteiger partial charge in [0.15, 0.2) is 0 Å². The molecule has 5 heteroatoms. The number of nitrogens with zero attached hydrogens (tertiary/aromatic N) is 1. The molecule has 2 nitrogen and oxygen atoms in total. The molecule has 1 aromatic carbocycles. The van der Waals surface area contributed by atoms with Crippen LogP contribution >= 0.6 is 27.3 Å². The van der Waals surface area contributed by atoms with E-state index in [1.165, 1.54) is 6.07 Å². The minimum atomic E-state index is -0.285. The van der Waals surface area contributed by atoms with E-state index in [1.54, 1.807) is 23.5 Å². The number of halogens is 2. The third-order valence-electron chi connectivity index (χ3n) is 4.31. The summed E-state index contributed by atoms with van der Waals surface area (Å²) >= 11 is 4.84. The van der Waals surface area contributed by atoms with E-state index in [4.69, 9.17) is 10.7 Å². The Morgan fingerprint density at radius 1 is 1.38 bits per heavy atom. The molecule has 21 heavy (non-hydrogen) atoms. The van der Waals surface area contributed by atoms with Gasteiger partial charge in [0, 0.05) is 10.9 Å². The Bertz CT molecular complexity index is 647. The molecule has 112 valence electrons. The maximum Gasteiger partial charge on any atom is 0.137 e. The normalized spacial score (nSPS) is 26.0. The fourth-order valence-electron chi connectivity index (χ4n) is 2.78. The Kier molecular flexibility index (Phi) is 4.17. The van der Waals surface area contributed by atoms with E-state index in [0.29, 0.717) is 4.47 Å². The monoisotopic (exact) mass is 368 g/mol. The van der Waals surface area contributed by atoms with Crippen LogP contribution in [-0.2, 0) is 5.54 Å². The number of aromatic nitrogens is 1. The van der Waals surface area contributed by atoms with Gasteiger partial charge >= 0.3 is 0 Å². The van der Waals surface area contributed by atoms with Crippen LogP contribution in [0.5, 0.6) is 0 Å². The van der Waals surface area contributed by atoms with Crippen molar-refractivity contribution in [1.29, 1.82) is 0 Å². The first-order chi connectivity index (χ1) is 9.98. The Labute approximate surface area is 136 Å². The minimum absolute atomic E-state index is 0.259. The average Bonchev–Trinajstić information content (AvgIpc) is 2.96. The summed E-state index contributed by atoms with van der Waals surface area (Å²) in [5.74, 6) is 0.500. The summed E-state index contributed by atoms with van der Waals surface area (Å²) in [6.07, 6.45) is 4.31. The lowest BCUT2D eigenvalue weighted by molar-refractivity contribution is 0.247. The summed E-state index contributed by atoms with van der Waals surface area (Å²) in [4.78, 5) is 4.72. The lowest BCUT2D eigenvalue weighted by Crippen LogP contribution is -2.40. The van der Waals surface area contributed by atoms with Crippen LogP contribution in [0.15, 0.2) is 28.1 Å². The molecule has 0 radical (unpaired) electrons. The first-order valence-electron chi connectivity index (χ1n) is 7.18. The Morgan fingerprint density at radius 2 is 2.10 bits per heavy atom. The van der Waals surface area contributed by atoms with Gasteiger partial charge in [0.25, 0.3) is 0 Å².